The Morgan fingerprint density at radius 1 is 1.28 bits per heavy atom. The molecule has 0 spiro atoms. The van der Waals surface area contributed by atoms with Gasteiger partial charge in [-0.1, -0.05) is 13.8 Å². The third-order valence-corrected chi connectivity index (χ3v) is 3.69. The predicted octanol–water partition coefficient (Wildman–Crippen LogP) is 1.36. The molecule has 0 aromatic heterocycles. The van der Waals surface area contributed by atoms with Crippen molar-refractivity contribution >= 4 is 0 Å². The lowest BCUT2D eigenvalue weighted by molar-refractivity contribution is 0.0554. The Bertz CT molecular complexity index is 212. The highest BCUT2D eigenvalue weighted by Crippen LogP contribution is 2.12. The van der Waals surface area contributed by atoms with Gasteiger partial charge in [0.1, 0.15) is 0 Å². The Kier molecular flexibility index (Phi) is 7.82. The third-order valence-electron chi connectivity index (χ3n) is 3.69. The molecule has 1 N–H and O–H groups in total. The van der Waals surface area contributed by atoms with E-state index in [1.807, 2.05) is 0 Å². The van der Waals surface area contributed by atoms with Gasteiger partial charge in [0.05, 0.1) is 6.61 Å². The van der Waals surface area contributed by atoms with Crippen molar-refractivity contribution in [3.63, 3.8) is 0 Å². The van der Waals surface area contributed by atoms with Gasteiger partial charge in [0, 0.05) is 52.0 Å². The SMILES string of the molecule is COCCCOCCN1CC(C(C)C)NCC1C. The van der Waals surface area contributed by atoms with Crippen LogP contribution in [0.2, 0.25) is 0 Å². The zero-order valence-electron chi connectivity index (χ0n) is 12.4. The van der Waals surface area contributed by atoms with Crippen LogP contribution in [0.5, 0.6) is 0 Å². The number of nitrogens with zero attached hydrogens (tertiary/aromatic N) is 1. The Morgan fingerprint density at radius 2 is 2.06 bits per heavy atom. The lowest BCUT2D eigenvalue weighted by atomic mass is 10.00. The fourth-order valence-electron chi connectivity index (χ4n) is 2.30. The molecule has 1 rings (SSSR count). The number of piperazine rings is 1. The van der Waals surface area contributed by atoms with E-state index in [9.17, 15) is 0 Å². The van der Waals surface area contributed by atoms with Crippen molar-refractivity contribution in [1.29, 1.82) is 0 Å². The summed E-state index contributed by atoms with van der Waals surface area (Å²) in [4.78, 5) is 2.54. The molecule has 0 aliphatic carbocycles. The number of methoxy groups -OCH3 is 1. The Hall–Kier alpha value is -0.160. The van der Waals surface area contributed by atoms with Crippen LogP contribution in [0.1, 0.15) is 27.2 Å². The molecule has 0 bridgehead atoms. The lowest BCUT2D eigenvalue weighted by Gasteiger charge is -2.40. The highest BCUT2D eigenvalue weighted by molar-refractivity contribution is 4.85. The maximum atomic E-state index is 5.64. The highest BCUT2D eigenvalue weighted by atomic mass is 16.5. The topological polar surface area (TPSA) is 33.7 Å². The quantitative estimate of drug-likeness (QED) is 0.667. The summed E-state index contributed by atoms with van der Waals surface area (Å²) in [6, 6.07) is 1.23. The van der Waals surface area contributed by atoms with Crippen LogP contribution < -0.4 is 5.32 Å². The van der Waals surface area contributed by atoms with E-state index in [4.69, 9.17) is 9.47 Å². The second-order valence-corrected chi connectivity index (χ2v) is 5.56. The minimum atomic E-state index is 0.613. The first-order valence-electron chi connectivity index (χ1n) is 7.19. The van der Waals surface area contributed by atoms with E-state index in [-0.39, 0.29) is 0 Å². The van der Waals surface area contributed by atoms with E-state index in [0.29, 0.717) is 18.0 Å². The van der Waals surface area contributed by atoms with Crippen LogP contribution in [0.25, 0.3) is 0 Å². The summed E-state index contributed by atoms with van der Waals surface area (Å²) in [5, 5.41) is 3.62. The van der Waals surface area contributed by atoms with Crippen LogP contribution in [-0.2, 0) is 9.47 Å². The maximum absolute atomic E-state index is 5.64. The van der Waals surface area contributed by atoms with Gasteiger partial charge in [-0.25, -0.2) is 0 Å². The monoisotopic (exact) mass is 258 g/mol. The molecule has 2 unspecified atom stereocenters. The minimum absolute atomic E-state index is 0.613. The molecule has 1 aliphatic rings. The molecule has 1 heterocycles. The first-order chi connectivity index (χ1) is 8.65. The van der Waals surface area contributed by atoms with Crippen LogP contribution in [0.4, 0.5) is 0 Å². The fraction of sp³-hybridized carbons (Fsp3) is 1.00. The number of ether oxygens (including phenoxy) is 2. The van der Waals surface area contributed by atoms with E-state index >= 15 is 0 Å². The lowest BCUT2D eigenvalue weighted by Crippen LogP contribution is -2.57. The Balaban J connectivity index is 2.15. The van der Waals surface area contributed by atoms with Crippen LogP contribution >= 0.6 is 0 Å². The minimum Gasteiger partial charge on any atom is -0.385 e. The summed E-state index contributed by atoms with van der Waals surface area (Å²) in [6.45, 7) is 12.6. The molecular formula is C14H30N2O2. The molecule has 0 amide bonds. The van der Waals surface area contributed by atoms with E-state index in [2.05, 4.69) is 31.0 Å². The number of hydrogen-bond donors (Lipinski definition) is 1. The van der Waals surface area contributed by atoms with Crippen molar-refractivity contribution in [1.82, 2.24) is 10.2 Å². The molecule has 4 nitrogen and oxygen atoms in total. The molecule has 1 saturated heterocycles. The Labute approximate surface area is 112 Å². The van der Waals surface area contributed by atoms with Gasteiger partial charge in [-0.3, -0.25) is 4.90 Å². The van der Waals surface area contributed by atoms with Crippen molar-refractivity contribution in [2.45, 2.75) is 39.3 Å². The second-order valence-electron chi connectivity index (χ2n) is 5.56. The molecule has 18 heavy (non-hydrogen) atoms. The van der Waals surface area contributed by atoms with Crippen LogP contribution in [0.15, 0.2) is 0 Å². The fourth-order valence-corrected chi connectivity index (χ4v) is 2.30. The van der Waals surface area contributed by atoms with Crippen molar-refractivity contribution in [3.05, 3.63) is 0 Å². The van der Waals surface area contributed by atoms with Crippen molar-refractivity contribution in [3.8, 4) is 0 Å². The van der Waals surface area contributed by atoms with Gasteiger partial charge in [0.2, 0.25) is 0 Å². The molecule has 4 heteroatoms. The van der Waals surface area contributed by atoms with Crippen molar-refractivity contribution < 1.29 is 9.47 Å². The van der Waals surface area contributed by atoms with Crippen LogP contribution in [-0.4, -0.2) is 63.5 Å². The van der Waals surface area contributed by atoms with Gasteiger partial charge in [-0.05, 0) is 19.3 Å². The van der Waals surface area contributed by atoms with Gasteiger partial charge in [-0.2, -0.15) is 0 Å². The average Bonchev–Trinajstić information content (AvgIpc) is 2.35. The van der Waals surface area contributed by atoms with Crippen LogP contribution in [0.3, 0.4) is 0 Å². The maximum Gasteiger partial charge on any atom is 0.0593 e. The van der Waals surface area contributed by atoms with Gasteiger partial charge < -0.3 is 14.8 Å². The van der Waals surface area contributed by atoms with Gasteiger partial charge in [0.25, 0.3) is 0 Å². The van der Waals surface area contributed by atoms with Crippen LogP contribution in [0, 0.1) is 5.92 Å². The normalized spacial score (nSPS) is 25.8. The molecule has 108 valence electrons. The van der Waals surface area contributed by atoms with Gasteiger partial charge in [-0.15, -0.1) is 0 Å². The molecule has 1 fully saturated rings. The van der Waals surface area contributed by atoms with Crippen molar-refractivity contribution in [2.75, 3.05) is 46.6 Å². The Morgan fingerprint density at radius 3 is 2.72 bits per heavy atom. The highest BCUT2D eigenvalue weighted by Gasteiger charge is 2.26. The standard InChI is InChI=1S/C14H30N2O2/c1-12(2)14-11-16(13(3)10-15-14)6-9-18-8-5-7-17-4/h12-15H,5-11H2,1-4H3. The molecule has 2 atom stereocenters. The largest absolute Gasteiger partial charge is 0.385 e. The smallest absolute Gasteiger partial charge is 0.0593 e. The first-order valence-corrected chi connectivity index (χ1v) is 7.19. The zero-order chi connectivity index (χ0) is 13.4. The number of rotatable bonds is 8. The molecular weight excluding hydrogens is 228 g/mol. The number of hydrogen-bond acceptors (Lipinski definition) is 4. The molecule has 0 saturated carbocycles. The average molecular weight is 258 g/mol. The predicted molar refractivity (Wildman–Crippen MR) is 75.0 cm³/mol. The summed E-state index contributed by atoms with van der Waals surface area (Å²) >= 11 is 0. The van der Waals surface area contributed by atoms with Crippen molar-refractivity contribution in [2.24, 2.45) is 5.92 Å². The van der Waals surface area contributed by atoms with E-state index in [1.54, 1.807) is 7.11 Å². The summed E-state index contributed by atoms with van der Waals surface area (Å²) in [7, 11) is 1.73. The van der Waals surface area contributed by atoms with E-state index < -0.39 is 0 Å². The molecule has 0 radical (unpaired) electrons. The van der Waals surface area contributed by atoms with E-state index in [0.717, 1.165) is 45.9 Å². The molecule has 0 aromatic rings. The summed E-state index contributed by atoms with van der Waals surface area (Å²) in [6.07, 6.45) is 0.988. The molecule has 0 aromatic carbocycles. The number of nitrogens with one attached hydrogen (secondary N) is 1. The summed E-state index contributed by atoms with van der Waals surface area (Å²) < 4.78 is 10.6. The second kappa shape index (κ2) is 8.86. The van der Waals surface area contributed by atoms with Gasteiger partial charge in [0.15, 0.2) is 0 Å². The first kappa shape index (κ1) is 15.9. The third kappa shape index (κ3) is 5.65. The summed E-state index contributed by atoms with van der Waals surface area (Å²) in [5.41, 5.74) is 0. The summed E-state index contributed by atoms with van der Waals surface area (Å²) in [5.74, 6) is 0.697. The molecule has 1 aliphatic heterocycles. The zero-order valence-corrected chi connectivity index (χ0v) is 12.4. The van der Waals surface area contributed by atoms with E-state index in [1.165, 1.54) is 0 Å². The van der Waals surface area contributed by atoms with Gasteiger partial charge >= 0.3 is 0 Å².